The molecule has 0 aliphatic heterocycles. The highest BCUT2D eigenvalue weighted by atomic mass is 79.9. The fourth-order valence-corrected chi connectivity index (χ4v) is 1.93. The maximum Gasteiger partial charge on any atom is 0.150 e. The quantitative estimate of drug-likeness (QED) is 0.348. The number of fused-ring (bicyclic) bond motifs is 1. The lowest BCUT2D eigenvalue weighted by molar-refractivity contribution is 0.112. The SMILES string of the molecule is [N-]=[N+]=Nc1ccc(C=O)c2ccc(Br)cc12. The third-order valence-electron chi connectivity index (χ3n) is 2.27. The summed E-state index contributed by atoms with van der Waals surface area (Å²) in [6.07, 6.45) is 0.788. The summed E-state index contributed by atoms with van der Waals surface area (Å²) in [5, 5.41) is 5.14. The molecular formula is C11H6BrN3O. The van der Waals surface area contributed by atoms with Crippen molar-refractivity contribution in [3.63, 3.8) is 0 Å². The summed E-state index contributed by atoms with van der Waals surface area (Å²) in [4.78, 5) is 13.6. The Labute approximate surface area is 99.6 Å². The smallest absolute Gasteiger partial charge is 0.150 e. The van der Waals surface area contributed by atoms with Gasteiger partial charge in [0.05, 0.1) is 0 Å². The number of benzene rings is 2. The van der Waals surface area contributed by atoms with Crippen molar-refractivity contribution in [3.05, 3.63) is 50.8 Å². The van der Waals surface area contributed by atoms with Crippen LogP contribution in [0.15, 0.2) is 39.9 Å². The van der Waals surface area contributed by atoms with E-state index in [0.717, 1.165) is 21.5 Å². The van der Waals surface area contributed by atoms with Gasteiger partial charge in [0.2, 0.25) is 0 Å². The zero-order valence-corrected chi connectivity index (χ0v) is 9.68. The Morgan fingerprint density at radius 3 is 2.75 bits per heavy atom. The van der Waals surface area contributed by atoms with E-state index in [1.54, 1.807) is 12.1 Å². The third-order valence-corrected chi connectivity index (χ3v) is 2.76. The lowest BCUT2D eigenvalue weighted by atomic mass is 10.0. The van der Waals surface area contributed by atoms with E-state index in [4.69, 9.17) is 5.53 Å². The summed E-state index contributed by atoms with van der Waals surface area (Å²) in [5.74, 6) is 0. The molecule has 0 spiro atoms. The van der Waals surface area contributed by atoms with E-state index in [-0.39, 0.29) is 0 Å². The van der Waals surface area contributed by atoms with Crippen molar-refractivity contribution in [3.8, 4) is 0 Å². The van der Waals surface area contributed by atoms with E-state index in [9.17, 15) is 4.79 Å². The Kier molecular flexibility index (Phi) is 2.90. The summed E-state index contributed by atoms with van der Waals surface area (Å²) < 4.78 is 0.873. The highest BCUT2D eigenvalue weighted by molar-refractivity contribution is 9.10. The highest BCUT2D eigenvalue weighted by Gasteiger charge is 2.04. The average Bonchev–Trinajstić information content (AvgIpc) is 2.30. The first-order chi connectivity index (χ1) is 7.76. The van der Waals surface area contributed by atoms with E-state index in [2.05, 4.69) is 26.0 Å². The molecule has 0 fully saturated rings. The van der Waals surface area contributed by atoms with Crippen LogP contribution in [0.2, 0.25) is 0 Å². The van der Waals surface area contributed by atoms with Crippen LogP contribution in [0.25, 0.3) is 21.2 Å². The van der Waals surface area contributed by atoms with Crippen molar-refractivity contribution in [1.29, 1.82) is 0 Å². The van der Waals surface area contributed by atoms with Gasteiger partial charge < -0.3 is 0 Å². The minimum absolute atomic E-state index is 0.518. The zero-order valence-electron chi connectivity index (χ0n) is 8.09. The molecule has 0 unspecified atom stereocenters. The van der Waals surface area contributed by atoms with Gasteiger partial charge in [0.25, 0.3) is 0 Å². The van der Waals surface area contributed by atoms with Gasteiger partial charge in [0.15, 0.2) is 6.29 Å². The fourth-order valence-electron chi connectivity index (χ4n) is 1.57. The van der Waals surface area contributed by atoms with Crippen LogP contribution in [0.5, 0.6) is 0 Å². The third kappa shape index (κ3) is 1.78. The van der Waals surface area contributed by atoms with Gasteiger partial charge in [0, 0.05) is 20.6 Å². The predicted octanol–water partition coefficient (Wildman–Crippen LogP) is 4.36. The van der Waals surface area contributed by atoms with Crippen LogP contribution in [0.3, 0.4) is 0 Å². The minimum Gasteiger partial charge on any atom is -0.298 e. The molecule has 2 aromatic rings. The number of hydrogen-bond donors (Lipinski definition) is 0. The lowest BCUT2D eigenvalue weighted by Crippen LogP contribution is -1.83. The largest absolute Gasteiger partial charge is 0.298 e. The second-order valence-corrected chi connectivity index (χ2v) is 4.09. The Hall–Kier alpha value is -1.84. The van der Waals surface area contributed by atoms with Crippen LogP contribution in [0.4, 0.5) is 5.69 Å². The van der Waals surface area contributed by atoms with Gasteiger partial charge >= 0.3 is 0 Å². The molecule has 5 heteroatoms. The van der Waals surface area contributed by atoms with Gasteiger partial charge in [-0.2, -0.15) is 0 Å². The van der Waals surface area contributed by atoms with Gasteiger partial charge in [0.1, 0.15) is 0 Å². The van der Waals surface area contributed by atoms with Crippen LogP contribution >= 0.6 is 15.9 Å². The summed E-state index contributed by atoms with van der Waals surface area (Å²) in [6.45, 7) is 0. The Balaban J connectivity index is 2.90. The molecule has 4 nitrogen and oxygen atoms in total. The molecule has 0 saturated carbocycles. The number of carbonyl (C=O) groups excluding carboxylic acids is 1. The molecule has 0 heterocycles. The molecule has 0 aliphatic carbocycles. The van der Waals surface area contributed by atoms with Crippen molar-refractivity contribution < 1.29 is 4.79 Å². The molecule has 16 heavy (non-hydrogen) atoms. The molecule has 0 atom stereocenters. The van der Waals surface area contributed by atoms with Crippen molar-refractivity contribution >= 4 is 38.7 Å². The number of nitrogens with zero attached hydrogens (tertiary/aromatic N) is 3. The van der Waals surface area contributed by atoms with Crippen molar-refractivity contribution in [2.75, 3.05) is 0 Å². The standard InChI is InChI=1S/C11H6BrN3O/c12-8-2-3-9-7(6-16)1-4-11(14-15-13)10(9)5-8/h1-6H. The number of rotatable bonds is 2. The first kappa shape index (κ1) is 10.7. The van der Waals surface area contributed by atoms with E-state index in [0.29, 0.717) is 11.3 Å². The second kappa shape index (κ2) is 4.35. The summed E-state index contributed by atoms with van der Waals surface area (Å²) >= 11 is 3.34. The molecule has 0 aliphatic rings. The van der Waals surface area contributed by atoms with E-state index >= 15 is 0 Å². The summed E-state index contributed by atoms with van der Waals surface area (Å²) in [7, 11) is 0. The van der Waals surface area contributed by atoms with Crippen LogP contribution < -0.4 is 0 Å². The Bertz CT molecular complexity index is 618. The topological polar surface area (TPSA) is 65.8 Å². The van der Waals surface area contributed by atoms with E-state index < -0.39 is 0 Å². The van der Waals surface area contributed by atoms with Gasteiger partial charge in [-0.05, 0) is 28.4 Å². The number of aldehydes is 1. The maximum absolute atomic E-state index is 10.9. The first-order valence-corrected chi connectivity index (χ1v) is 5.28. The fraction of sp³-hybridized carbons (Fsp3) is 0. The summed E-state index contributed by atoms with van der Waals surface area (Å²) in [5.41, 5.74) is 9.55. The Morgan fingerprint density at radius 2 is 2.06 bits per heavy atom. The van der Waals surface area contributed by atoms with Crippen molar-refractivity contribution in [1.82, 2.24) is 0 Å². The minimum atomic E-state index is 0.518. The van der Waals surface area contributed by atoms with Crippen molar-refractivity contribution in [2.45, 2.75) is 0 Å². The molecule has 0 saturated heterocycles. The highest BCUT2D eigenvalue weighted by Crippen LogP contribution is 2.30. The molecule has 0 aromatic heterocycles. The van der Waals surface area contributed by atoms with Gasteiger partial charge in [-0.3, -0.25) is 4.79 Å². The van der Waals surface area contributed by atoms with Crippen LogP contribution in [-0.2, 0) is 0 Å². The number of hydrogen-bond acceptors (Lipinski definition) is 2. The number of halogens is 1. The number of azide groups is 1. The molecule has 0 radical (unpaired) electrons. The average molecular weight is 276 g/mol. The maximum atomic E-state index is 10.9. The van der Waals surface area contributed by atoms with E-state index in [1.807, 2.05) is 18.2 Å². The molecule has 78 valence electrons. The van der Waals surface area contributed by atoms with Crippen LogP contribution in [-0.4, -0.2) is 6.29 Å². The van der Waals surface area contributed by atoms with Crippen molar-refractivity contribution in [2.24, 2.45) is 5.11 Å². The molecular weight excluding hydrogens is 270 g/mol. The van der Waals surface area contributed by atoms with Crippen LogP contribution in [0.1, 0.15) is 10.4 Å². The van der Waals surface area contributed by atoms with E-state index in [1.165, 1.54) is 0 Å². The van der Waals surface area contributed by atoms with Gasteiger partial charge in [-0.15, -0.1) is 0 Å². The normalized spacial score (nSPS) is 9.81. The molecule has 0 bridgehead atoms. The van der Waals surface area contributed by atoms with Gasteiger partial charge in [-0.25, -0.2) is 0 Å². The Morgan fingerprint density at radius 1 is 1.25 bits per heavy atom. The predicted molar refractivity (Wildman–Crippen MR) is 65.8 cm³/mol. The zero-order chi connectivity index (χ0) is 11.5. The molecule has 2 aromatic carbocycles. The van der Waals surface area contributed by atoms with Crippen LogP contribution in [0, 0.1) is 0 Å². The second-order valence-electron chi connectivity index (χ2n) is 3.17. The molecule has 0 amide bonds. The molecule has 0 N–H and O–H groups in total. The number of carbonyl (C=O) groups is 1. The van der Waals surface area contributed by atoms with Gasteiger partial charge in [-0.1, -0.05) is 39.2 Å². The summed E-state index contributed by atoms with van der Waals surface area (Å²) in [6, 6.07) is 8.77. The first-order valence-electron chi connectivity index (χ1n) is 4.49. The monoisotopic (exact) mass is 275 g/mol. The lowest BCUT2D eigenvalue weighted by Gasteiger charge is -2.04. The molecule has 2 rings (SSSR count).